The number of anilines is 2. The van der Waals surface area contributed by atoms with Crippen molar-refractivity contribution in [2.45, 2.75) is 45.1 Å². The van der Waals surface area contributed by atoms with E-state index >= 15 is 0 Å². The van der Waals surface area contributed by atoms with Crippen LogP contribution in [0.4, 0.5) is 11.5 Å². The lowest BCUT2D eigenvalue weighted by atomic mass is 10.1. The van der Waals surface area contributed by atoms with Gasteiger partial charge >= 0.3 is 0 Å². The highest BCUT2D eigenvalue weighted by Crippen LogP contribution is 2.22. The van der Waals surface area contributed by atoms with Crippen LogP contribution in [0.1, 0.15) is 33.4 Å². The first-order valence-electron chi connectivity index (χ1n) is 9.01. The molecule has 2 aromatic rings. The van der Waals surface area contributed by atoms with Crippen LogP contribution in [0.25, 0.3) is 0 Å². The molecule has 29 heavy (non-hydrogen) atoms. The van der Waals surface area contributed by atoms with Crippen LogP contribution in [-0.2, 0) is 25.2 Å². The molecule has 2 amide bonds. The summed E-state index contributed by atoms with van der Waals surface area (Å²) < 4.78 is 28.1. The van der Waals surface area contributed by atoms with E-state index in [1.807, 2.05) is 27.7 Å². The third kappa shape index (κ3) is 5.64. The summed E-state index contributed by atoms with van der Waals surface area (Å²) in [6, 6.07) is 7.48. The number of carbonyl (C=O) groups excluding carboxylic acids is 2. The smallest absolute Gasteiger partial charge is 0.243 e. The van der Waals surface area contributed by atoms with Crippen LogP contribution in [0, 0.1) is 6.92 Å². The van der Waals surface area contributed by atoms with E-state index in [1.165, 1.54) is 38.2 Å². The summed E-state index contributed by atoms with van der Waals surface area (Å²) in [4.78, 5) is 23.6. The highest BCUT2D eigenvalue weighted by molar-refractivity contribution is 7.89. The molecule has 1 aromatic carbocycles. The maximum atomic E-state index is 12.7. The number of sulfonamides is 1. The van der Waals surface area contributed by atoms with E-state index in [-0.39, 0.29) is 22.9 Å². The monoisotopic (exact) mass is 421 g/mol. The summed E-state index contributed by atoms with van der Waals surface area (Å²) in [5.74, 6) is -0.221. The van der Waals surface area contributed by atoms with Gasteiger partial charge in [0.25, 0.3) is 0 Å². The Morgan fingerprint density at radius 3 is 2.24 bits per heavy atom. The summed E-state index contributed by atoms with van der Waals surface area (Å²) >= 11 is 0. The molecule has 0 fully saturated rings. The standard InChI is InChI=1S/C19H27N5O4S/c1-13-11-17(24(22-13)19(3,4)5)21-18(26)12-23(6)29(27,28)16-9-7-15(8-10-16)20-14(2)25/h7-11H,12H2,1-6H3,(H,20,25)(H,21,26). The Kier molecular flexibility index (Phi) is 6.49. The van der Waals surface area contributed by atoms with E-state index in [0.717, 1.165) is 10.00 Å². The summed E-state index contributed by atoms with van der Waals surface area (Å²) in [5.41, 5.74) is 0.892. The normalized spacial score (nSPS) is 12.1. The lowest BCUT2D eigenvalue weighted by Gasteiger charge is -2.23. The number of hydrogen-bond acceptors (Lipinski definition) is 5. The minimum Gasteiger partial charge on any atom is -0.326 e. The number of rotatable bonds is 6. The number of hydrogen-bond donors (Lipinski definition) is 2. The van der Waals surface area contributed by atoms with Gasteiger partial charge in [0.2, 0.25) is 21.8 Å². The maximum absolute atomic E-state index is 12.7. The number of aromatic nitrogens is 2. The predicted octanol–water partition coefficient (Wildman–Crippen LogP) is 2.16. The lowest BCUT2D eigenvalue weighted by molar-refractivity contribution is -0.116. The second-order valence-electron chi connectivity index (χ2n) is 7.77. The molecule has 0 unspecified atom stereocenters. The number of benzene rings is 1. The van der Waals surface area contributed by atoms with Crippen molar-refractivity contribution in [3.63, 3.8) is 0 Å². The molecule has 9 nitrogen and oxygen atoms in total. The summed E-state index contributed by atoms with van der Waals surface area (Å²) in [7, 11) is -2.53. The second kappa shape index (κ2) is 8.34. The van der Waals surface area contributed by atoms with Crippen molar-refractivity contribution in [1.29, 1.82) is 0 Å². The van der Waals surface area contributed by atoms with Crippen molar-refractivity contribution >= 4 is 33.3 Å². The van der Waals surface area contributed by atoms with E-state index in [2.05, 4.69) is 15.7 Å². The van der Waals surface area contributed by atoms with Gasteiger partial charge in [0.1, 0.15) is 5.82 Å². The van der Waals surface area contributed by atoms with Gasteiger partial charge in [-0.25, -0.2) is 13.1 Å². The van der Waals surface area contributed by atoms with E-state index in [4.69, 9.17) is 0 Å². The molecule has 0 saturated heterocycles. The largest absolute Gasteiger partial charge is 0.326 e. The Balaban J connectivity index is 2.12. The van der Waals surface area contributed by atoms with Crippen molar-refractivity contribution < 1.29 is 18.0 Å². The molecular weight excluding hydrogens is 394 g/mol. The first kappa shape index (κ1) is 22.6. The second-order valence-corrected chi connectivity index (χ2v) is 9.81. The fourth-order valence-electron chi connectivity index (χ4n) is 2.66. The van der Waals surface area contributed by atoms with Crippen LogP contribution < -0.4 is 10.6 Å². The molecule has 1 aromatic heterocycles. The number of likely N-dealkylation sites (N-methyl/N-ethyl adjacent to an activating group) is 1. The molecule has 2 rings (SSSR count). The first-order chi connectivity index (χ1) is 13.3. The van der Waals surface area contributed by atoms with Gasteiger partial charge < -0.3 is 10.6 Å². The number of amides is 2. The van der Waals surface area contributed by atoms with E-state index < -0.39 is 15.9 Å². The first-order valence-corrected chi connectivity index (χ1v) is 10.5. The van der Waals surface area contributed by atoms with Crippen LogP contribution in [-0.4, -0.2) is 47.9 Å². The van der Waals surface area contributed by atoms with Gasteiger partial charge in [-0.3, -0.25) is 9.59 Å². The van der Waals surface area contributed by atoms with Gasteiger partial charge in [0.05, 0.1) is 22.7 Å². The average molecular weight is 422 g/mol. The zero-order chi connectivity index (χ0) is 22.0. The van der Waals surface area contributed by atoms with Crippen molar-refractivity contribution in [3.05, 3.63) is 36.0 Å². The fraction of sp³-hybridized carbons (Fsp3) is 0.421. The molecule has 0 atom stereocenters. The molecule has 0 bridgehead atoms. The highest BCUT2D eigenvalue weighted by Gasteiger charge is 2.25. The topological polar surface area (TPSA) is 113 Å². The van der Waals surface area contributed by atoms with Gasteiger partial charge in [-0.05, 0) is 52.0 Å². The summed E-state index contributed by atoms with van der Waals surface area (Å²) in [5, 5.41) is 9.68. The van der Waals surface area contributed by atoms with Crippen LogP contribution in [0.15, 0.2) is 35.2 Å². The van der Waals surface area contributed by atoms with Gasteiger partial charge in [-0.2, -0.15) is 9.40 Å². The molecule has 0 saturated carbocycles. The van der Waals surface area contributed by atoms with E-state index in [1.54, 1.807) is 10.7 Å². The maximum Gasteiger partial charge on any atom is 0.243 e. The molecule has 10 heteroatoms. The average Bonchev–Trinajstić information content (AvgIpc) is 2.95. The van der Waals surface area contributed by atoms with E-state index in [9.17, 15) is 18.0 Å². The fourth-order valence-corrected chi connectivity index (χ4v) is 3.79. The molecular formula is C19H27N5O4S. The molecule has 0 radical (unpaired) electrons. The Morgan fingerprint density at radius 1 is 1.14 bits per heavy atom. The molecule has 0 aliphatic carbocycles. The van der Waals surface area contributed by atoms with E-state index in [0.29, 0.717) is 11.5 Å². The molecule has 0 aliphatic heterocycles. The highest BCUT2D eigenvalue weighted by atomic mass is 32.2. The number of nitrogens with one attached hydrogen (secondary N) is 2. The Labute approximate surface area is 171 Å². The lowest BCUT2D eigenvalue weighted by Crippen LogP contribution is -2.36. The Bertz CT molecular complexity index is 1000. The summed E-state index contributed by atoms with van der Waals surface area (Å²) in [6.45, 7) is 8.69. The predicted molar refractivity (Wildman–Crippen MR) is 111 cm³/mol. The van der Waals surface area contributed by atoms with Gasteiger partial charge in [0.15, 0.2) is 0 Å². The molecule has 2 N–H and O–H groups in total. The zero-order valence-electron chi connectivity index (χ0n) is 17.5. The van der Waals surface area contributed by atoms with Gasteiger partial charge in [0, 0.05) is 25.7 Å². The summed E-state index contributed by atoms with van der Waals surface area (Å²) in [6.07, 6.45) is 0. The van der Waals surface area contributed by atoms with Crippen LogP contribution in [0.3, 0.4) is 0 Å². The van der Waals surface area contributed by atoms with Crippen LogP contribution >= 0.6 is 0 Å². The van der Waals surface area contributed by atoms with Crippen LogP contribution in [0.2, 0.25) is 0 Å². The Hall–Kier alpha value is -2.72. The minimum absolute atomic E-state index is 0.0254. The van der Waals surface area contributed by atoms with Crippen molar-refractivity contribution in [1.82, 2.24) is 14.1 Å². The molecule has 0 spiro atoms. The molecule has 0 aliphatic rings. The van der Waals surface area contributed by atoms with Gasteiger partial charge in [-0.1, -0.05) is 0 Å². The minimum atomic E-state index is -3.87. The number of aryl methyl sites for hydroxylation is 1. The van der Waals surface area contributed by atoms with Crippen molar-refractivity contribution in [2.75, 3.05) is 24.2 Å². The van der Waals surface area contributed by atoms with Crippen LogP contribution in [0.5, 0.6) is 0 Å². The SMILES string of the molecule is CC(=O)Nc1ccc(S(=O)(=O)N(C)CC(=O)Nc2cc(C)nn2C(C)(C)C)cc1. The number of carbonyl (C=O) groups is 2. The van der Waals surface area contributed by atoms with Crippen molar-refractivity contribution in [3.8, 4) is 0 Å². The quantitative estimate of drug-likeness (QED) is 0.742. The Morgan fingerprint density at radius 2 is 1.72 bits per heavy atom. The third-order valence-corrected chi connectivity index (χ3v) is 5.80. The molecule has 1 heterocycles. The molecule has 158 valence electrons. The zero-order valence-corrected chi connectivity index (χ0v) is 18.3. The number of nitrogens with zero attached hydrogens (tertiary/aromatic N) is 3. The van der Waals surface area contributed by atoms with Crippen molar-refractivity contribution in [2.24, 2.45) is 0 Å². The van der Waals surface area contributed by atoms with Gasteiger partial charge in [-0.15, -0.1) is 0 Å². The third-order valence-electron chi connectivity index (χ3n) is 3.98.